The molecule has 0 saturated heterocycles. The van der Waals surface area contributed by atoms with Crippen LogP contribution in [-0.2, 0) is 12.3 Å². The fraction of sp³-hybridized carbons (Fsp3) is 0.318. The lowest BCUT2D eigenvalue weighted by atomic mass is 10.0. The molecule has 1 heterocycles. The first-order valence-corrected chi connectivity index (χ1v) is 11.1. The van der Waals surface area contributed by atoms with Gasteiger partial charge in [0.15, 0.2) is 11.0 Å². The van der Waals surface area contributed by atoms with E-state index in [0.717, 1.165) is 5.56 Å². The van der Waals surface area contributed by atoms with E-state index in [1.54, 1.807) is 18.2 Å². The summed E-state index contributed by atoms with van der Waals surface area (Å²) in [4.78, 5) is 23.1. The molecule has 1 amide bonds. The van der Waals surface area contributed by atoms with Crippen molar-refractivity contribution in [1.82, 2.24) is 20.1 Å². The summed E-state index contributed by atoms with van der Waals surface area (Å²) in [5.74, 6) is 0.0619. The number of thioether (sulfide) groups is 1. The number of rotatable bonds is 9. The van der Waals surface area contributed by atoms with E-state index in [4.69, 9.17) is 0 Å². The van der Waals surface area contributed by atoms with Gasteiger partial charge in [-0.3, -0.25) is 14.9 Å². The van der Waals surface area contributed by atoms with Gasteiger partial charge in [-0.1, -0.05) is 49.9 Å². The number of carbonyl (C=O) groups is 1. The number of nitro benzene ring substituents is 1. The van der Waals surface area contributed by atoms with Crippen molar-refractivity contribution in [3.05, 3.63) is 81.4 Å². The fourth-order valence-electron chi connectivity index (χ4n) is 3.19. The van der Waals surface area contributed by atoms with Crippen LogP contribution in [0.25, 0.3) is 0 Å². The Morgan fingerprint density at radius 2 is 1.88 bits per heavy atom. The minimum Gasteiger partial charge on any atom is -0.342 e. The van der Waals surface area contributed by atoms with Crippen molar-refractivity contribution in [3.63, 3.8) is 0 Å². The fourth-order valence-corrected chi connectivity index (χ4v) is 4.15. The Morgan fingerprint density at radius 3 is 2.47 bits per heavy atom. The second kappa shape index (κ2) is 10.4. The number of hydrogen-bond acceptors (Lipinski definition) is 6. The van der Waals surface area contributed by atoms with Crippen LogP contribution in [-0.4, -0.2) is 25.6 Å². The van der Waals surface area contributed by atoms with Gasteiger partial charge < -0.3 is 9.88 Å². The first kappa shape index (κ1) is 23.4. The zero-order chi connectivity index (χ0) is 23.3. The van der Waals surface area contributed by atoms with Crippen LogP contribution < -0.4 is 5.32 Å². The highest BCUT2D eigenvalue weighted by Gasteiger charge is 2.26. The highest BCUT2D eigenvalue weighted by molar-refractivity contribution is 7.98. The molecule has 8 nitrogen and oxygen atoms in total. The molecule has 2 aromatic carbocycles. The Hall–Kier alpha value is -3.27. The van der Waals surface area contributed by atoms with Crippen molar-refractivity contribution in [3.8, 4) is 0 Å². The van der Waals surface area contributed by atoms with Gasteiger partial charge in [0.05, 0.1) is 16.5 Å². The standard InChI is InChI=1S/C22H24FN5O3S/c1-4-27-20(19(14(2)3)24-21(29)17-7-5-6-8-18(17)23)25-26-22(27)32-13-15-9-11-16(12-10-15)28(30)31/h5-12,14,19H,4,13H2,1-3H3,(H,24,29)/t19-/m1/s1. The van der Waals surface area contributed by atoms with Crippen LogP contribution in [0.15, 0.2) is 53.7 Å². The number of amides is 1. The number of nitro groups is 1. The quantitative estimate of drug-likeness (QED) is 0.282. The summed E-state index contributed by atoms with van der Waals surface area (Å²) in [7, 11) is 0. The van der Waals surface area contributed by atoms with E-state index >= 15 is 0 Å². The van der Waals surface area contributed by atoms with E-state index in [9.17, 15) is 19.3 Å². The van der Waals surface area contributed by atoms with Crippen molar-refractivity contribution in [2.24, 2.45) is 5.92 Å². The molecule has 0 aliphatic heterocycles. The summed E-state index contributed by atoms with van der Waals surface area (Å²) in [6.07, 6.45) is 0. The molecule has 3 rings (SSSR count). The first-order chi connectivity index (χ1) is 15.3. The van der Waals surface area contributed by atoms with Crippen LogP contribution in [0.2, 0.25) is 0 Å². The van der Waals surface area contributed by atoms with Gasteiger partial charge >= 0.3 is 0 Å². The third kappa shape index (κ3) is 5.31. The maximum atomic E-state index is 14.0. The molecule has 0 aliphatic carbocycles. The number of non-ortho nitro benzene ring substituents is 1. The SMILES string of the molecule is CCn1c(SCc2ccc([N+](=O)[O-])cc2)nnc1[C@H](NC(=O)c1ccccc1F)C(C)C. The lowest BCUT2D eigenvalue weighted by Crippen LogP contribution is -2.34. The molecule has 1 aromatic heterocycles. The third-order valence-electron chi connectivity index (χ3n) is 4.93. The number of aromatic nitrogens is 3. The van der Waals surface area contributed by atoms with E-state index in [2.05, 4.69) is 15.5 Å². The molecular formula is C22H24FN5O3S. The molecule has 0 bridgehead atoms. The largest absolute Gasteiger partial charge is 0.342 e. The van der Waals surface area contributed by atoms with Gasteiger partial charge in [-0.05, 0) is 30.5 Å². The summed E-state index contributed by atoms with van der Waals surface area (Å²) in [6, 6.07) is 11.8. The molecule has 0 fully saturated rings. The summed E-state index contributed by atoms with van der Waals surface area (Å²) in [6.45, 7) is 6.44. The lowest BCUT2D eigenvalue weighted by molar-refractivity contribution is -0.384. The predicted molar refractivity (Wildman–Crippen MR) is 120 cm³/mol. The molecule has 168 valence electrons. The predicted octanol–water partition coefficient (Wildman–Crippen LogP) is 4.76. The Bertz CT molecular complexity index is 1100. The zero-order valence-corrected chi connectivity index (χ0v) is 18.8. The van der Waals surface area contributed by atoms with E-state index in [0.29, 0.717) is 23.3 Å². The summed E-state index contributed by atoms with van der Waals surface area (Å²) in [5.41, 5.74) is 0.942. The van der Waals surface area contributed by atoms with Crippen molar-refractivity contribution in [1.29, 1.82) is 0 Å². The van der Waals surface area contributed by atoms with E-state index < -0.39 is 22.7 Å². The van der Waals surface area contributed by atoms with Crippen LogP contribution >= 0.6 is 11.8 Å². The van der Waals surface area contributed by atoms with Crippen molar-refractivity contribution in [2.45, 2.75) is 44.3 Å². The first-order valence-electron chi connectivity index (χ1n) is 10.2. The second-order valence-electron chi connectivity index (χ2n) is 7.47. The van der Waals surface area contributed by atoms with Gasteiger partial charge in [0.2, 0.25) is 0 Å². The van der Waals surface area contributed by atoms with E-state index in [1.165, 1.54) is 42.1 Å². The second-order valence-corrected chi connectivity index (χ2v) is 8.41. The van der Waals surface area contributed by atoms with Gasteiger partial charge in [-0.25, -0.2) is 4.39 Å². The maximum Gasteiger partial charge on any atom is 0.269 e. The van der Waals surface area contributed by atoms with Crippen LogP contribution in [0.3, 0.4) is 0 Å². The van der Waals surface area contributed by atoms with E-state index in [1.807, 2.05) is 25.3 Å². The molecule has 0 unspecified atom stereocenters. The molecule has 0 spiro atoms. The number of halogens is 1. The molecule has 1 atom stereocenters. The summed E-state index contributed by atoms with van der Waals surface area (Å²) < 4.78 is 16.0. The third-order valence-corrected chi connectivity index (χ3v) is 5.96. The molecule has 0 aliphatic rings. The number of nitrogens with one attached hydrogen (secondary N) is 1. The minimum absolute atomic E-state index is 0.00672. The summed E-state index contributed by atoms with van der Waals surface area (Å²) in [5, 5.41) is 23.0. The average Bonchev–Trinajstić information content (AvgIpc) is 3.18. The lowest BCUT2D eigenvalue weighted by Gasteiger charge is -2.22. The number of benzene rings is 2. The Balaban J connectivity index is 1.78. The van der Waals surface area contributed by atoms with Crippen LogP contribution in [0.4, 0.5) is 10.1 Å². The Morgan fingerprint density at radius 1 is 1.19 bits per heavy atom. The van der Waals surface area contributed by atoms with Crippen LogP contribution in [0, 0.1) is 21.8 Å². The molecule has 0 radical (unpaired) electrons. The van der Waals surface area contributed by atoms with Crippen LogP contribution in [0.5, 0.6) is 0 Å². The molecule has 3 aromatic rings. The van der Waals surface area contributed by atoms with E-state index in [-0.39, 0.29) is 17.2 Å². The number of hydrogen-bond donors (Lipinski definition) is 1. The molecule has 10 heteroatoms. The minimum atomic E-state index is -0.580. The van der Waals surface area contributed by atoms with Gasteiger partial charge in [0, 0.05) is 24.4 Å². The van der Waals surface area contributed by atoms with Crippen molar-refractivity contribution in [2.75, 3.05) is 0 Å². The monoisotopic (exact) mass is 457 g/mol. The molecule has 1 N–H and O–H groups in total. The maximum absolute atomic E-state index is 14.0. The van der Waals surface area contributed by atoms with Gasteiger partial charge in [0.25, 0.3) is 11.6 Å². The van der Waals surface area contributed by atoms with Gasteiger partial charge in [-0.15, -0.1) is 10.2 Å². The average molecular weight is 458 g/mol. The zero-order valence-electron chi connectivity index (χ0n) is 18.0. The molecule has 32 heavy (non-hydrogen) atoms. The molecular weight excluding hydrogens is 433 g/mol. The van der Waals surface area contributed by atoms with Gasteiger partial charge in [-0.2, -0.15) is 0 Å². The number of nitrogens with zero attached hydrogens (tertiary/aromatic N) is 4. The van der Waals surface area contributed by atoms with Crippen molar-refractivity contribution < 1.29 is 14.1 Å². The summed E-state index contributed by atoms with van der Waals surface area (Å²) >= 11 is 1.45. The Kier molecular flexibility index (Phi) is 7.57. The smallest absolute Gasteiger partial charge is 0.269 e. The van der Waals surface area contributed by atoms with Crippen LogP contribution in [0.1, 0.15) is 48.6 Å². The number of carbonyl (C=O) groups excluding carboxylic acids is 1. The normalized spacial score (nSPS) is 12.0. The topological polar surface area (TPSA) is 103 Å². The van der Waals surface area contributed by atoms with Gasteiger partial charge in [0.1, 0.15) is 5.82 Å². The van der Waals surface area contributed by atoms with Crippen molar-refractivity contribution >= 4 is 23.4 Å². The Labute approximate surface area is 189 Å². The highest BCUT2D eigenvalue weighted by Crippen LogP contribution is 2.28. The highest BCUT2D eigenvalue weighted by atomic mass is 32.2. The molecule has 0 saturated carbocycles.